The van der Waals surface area contributed by atoms with Crippen LogP contribution in [0.4, 0.5) is 0 Å². The summed E-state index contributed by atoms with van der Waals surface area (Å²) >= 11 is 0. The van der Waals surface area contributed by atoms with Gasteiger partial charge in [-0.05, 0) is 43.7 Å². The van der Waals surface area contributed by atoms with Gasteiger partial charge in [0.15, 0.2) is 0 Å². The SMILES string of the molecule is Cc1cnccc1-c1noc(C2CC3CCCCC3N2)n1. The third kappa shape index (κ3) is 2.35. The number of rotatable bonds is 2. The highest BCUT2D eigenvalue weighted by Gasteiger charge is 2.38. The highest BCUT2D eigenvalue weighted by atomic mass is 16.5. The maximum absolute atomic E-state index is 5.52. The molecule has 0 bridgehead atoms. The van der Waals surface area contributed by atoms with Gasteiger partial charge in [-0.25, -0.2) is 0 Å². The van der Waals surface area contributed by atoms with Gasteiger partial charge >= 0.3 is 0 Å². The molecular formula is C16H20N4O. The first-order chi connectivity index (χ1) is 10.3. The van der Waals surface area contributed by atoms with Crippen LogP contribution in [-0.2, 0) is 0 Å². The minimum absolute atomic E-state index is 0.224. The number of aryl methyl sites for hydroxylation is 1. The molecule has 4 rings (SSSR count). The lowest BCUT2D eigenvalue weighted by atomic mass is 9.85. The van der Waals surface area contributed by atoms with Crippen LogP contribution in [0.2, 0.25) is 0 Å². The number of nitrogens with one attached hydrogen (secondary N) is 1. The molecule has 5 nitrogen and oxygen atoms in total. The summed E-state index contributed by atoms with van der Waals surface area (Å²) in [5.41, 5.74) is 2.06. The summed E-state index contributed by atoms with van der Waals surface area (Å²) in [4.78, 5) is 8.72. The monoisotopic (exact) mass is 284 g/mol. The fraction of sp³-hybridized carbons (Fsp3) is 0.562. The van der Waals surface area contributed by atoms with Gasteiger partial charge < -0.3 is 9.84 Å². The maximum Gasteiger partial charge on any atom is 0.244 e. The molecule has 1 aliphatic carbocycles. The van der Waals surface area contributed by atoms with E-state index in [1.54, 1.807) is 6.20 Å². The van der Waals surface area contributed by atoms with Gasteiger partial charge in [0.25, 0.3) is 0 Å². The van der Waals surface area contributed by atoms with Gasteiger partial charge in [0.2, 0.25) is 11.7 Å². The van der Waals surface area contributed by atoms with Crippen molar-refractivity contribution in [2.45, 2.75) is 51.1 Å². The predicted molar refractivity (Wildman–Crippen MR) is 78.5 cm³/mol. The second-order valence-electron chi connectivity index (χ2n) is 6.25. The van der Waals surface area contributed by atoms with Crippen molar-refractivity contribution in [3.8, 4) is 11.4 Å². The van der Waals surface area contributed by atoms with Gasteiger partial charge in [-0.3, -0.25) is 4.98 Å². The van der Waals surface area contributed by atoms with E-state index in [9.17, 15) is 0 Å². The van der Waals surface area contributed by atoms with Gasteiger partial charge in [0, 0.05) is 24.0 Å². The van der Waals surface area contributed by atoms with Crippen LogP contribution in [0.15, 0.2) is 23.0 Å². The van der Waals surface area contributed by atoms with Crippen LogP contribution in [-0.4, -0.2) is 21.2 Å². The van der Waals surface area contributed by atoms with Crippen LogP contribution >= 0.6 is 0 Å². The van der Waals surface area contributed by atoms with Crippen molar-refractivity contribution >= 4 is 0 Å². The second-order valence-corrected chi connectivity index (χ2v) is 6.25. The predicted octanol–water partition coefficient (Wildman–Crippen LogP) is 3.03. The number of fused-ring (bicyclic) bond motifs is 1. The number of hydrogen-bond donors (Lipinski definition) is 1. The molecule has 3 unspecified atom stereocenters. The molecule has 0 aromatic carbocycles. The second kappa shape index (κ2) is 5.22. The Morgan fingerprint density at radius 2 is 2.19 bits per heavy atom. The Morgan fingerprint density at radius 1 is 1.29 bits per heavy atom. The summed E-state index contributed by atoms with van der Waals surface area (Å²) in [6, 6.07) is 2.80. The lowest BCUT2D eigenvalue weighted by molar-refractivity contribution is 0.324. The molecular weight excluding hydrogens is 264 g/mol. The molecule has 2 fully saturated rings. The Kier molecular flexibility index (Phi) is 3.22. The summed E-state index contributed by atoms with van der Waals surface area (Å²) in [5, 5.41) is 7.84. The van der Waals surface area contributed by atoms with Crippen molar-refractivity contribution in [2.75, 3.05) is 0 Å². The molecule has 0 amide bonds. The maximum atomic E-state index is 5.52. The summed E-state index contributed by atoms with van der Waals surface area (Å²) in [6.45, 7) is 2.01. The molecule has 1 saturated carbocycles. The Hall–Kier alpha value is -1.75. The van der Waals surface area contributed by atoms with Crippen molar-refractivity contribution in [3.63, 3.8) is 0 Å². The van der Waals surface area contributed by atoms with E-state index in [-0.39, 0.29) is 6.04 Å². The quantitative estimate of drug-likeness (QED) is 0.918. The van der Waals surface area contributed by atoms with Crippen LogP contribution in [0.5, 0.6) is 0 Å². The smallest absolute Gasteiger partial charge is 0.244 e. The number of hydrogen-bond acceptors (Lipinski definition) is 5. The lowest BCUT2D eigenvalue weighted by Gasteiger charge is -2.24. The van der Waals surface area contributed by atoms with Crippen LogP contribution < -0.4 is 5.32 Å². The Morgan fingerprint density at radius 3 is 3.05 bits per heavy atom. The van der Waals surface area contributed by atoms with E-state index in [1.165, 1.54) is 25.7 Å². The summed E-state index contributed by atoms with van der Waals surface area (Å²) in [6.07, 6.45) is 10.0. The number of pyridine rings is 1. The summed E-state index contributed by atoms with van der Waals surface area (Å²) in [7, 11) is 0. The zero-order valence-electron chi connectivity index (χ0n) is 12.2. The fourth-order valence-corrected chi connectivity index (χ4v) is 3.72. The molecule has 3 atom stereocenters. The molecule has 1 N–H and O–H groups in total. The van der Waals surface area contributed by atoms with Gasteiger partial charge in [-0.2, -0.15) is 4.98 Å². The normalized spacial score (nSPS) is 28.5. The molecule has 0 radical (unpaired) electrons. The Labute approximate surface area is 124 Å². The molecule has 1 aliphatic heterocycles. The van der Waals surface area contributed by atoms with Gasteiger partial charge in [0.1, 0.15) is 0 Å². The molecule has 0 spiro atoms. The van der Waals surface area contributed by atoms with Crippen LogP contribution in [0.1, 0.15) is 49.6 Å². The lowest BCUT2D eigenvalue weighted by Crippen LogP contribution is -2.30. The van der Waals surface area contributed by atoms with Crippen molar-refractivity contribution in [2.24, 2.45) is 5.92 Å². The first-order valence-corrected chi connectivity index (χ1v) is 7.82. The van der Waals surface area contributed by atoms with E-state index in [2.05, 4.69) is 20.4 Å². The van der Waals surface area contributed by atoms with E-state index < -0.39 is 0 Å². The molecule has 2 aliphatic rings. The van der Waals surface area contributed by atoms with Crippen molar-refractivity contribution in [3.05, 3.63) is 29.9 Å². The summed E-state index contributed by atoms with van der Waals surface area (Å²) < 4.78 is 5.52. The first-order valence-electron chi connectivity index (χ1n) is 7.82. The van der Waals surface area contributed by atoms with Crippen molar-refractivity contribution < 1.29 is 4.52 Å². The van der Waals surface area contributed by atoms with Crippen molar-refractivity contribution in [1.29, 1.82) is 0 Å². The molecule has 110 valence electrons. The minimum Gasteiger partial charge on any atom is -0.337 e. The number of aromatic nitrogens is 3. The van der Waals surface area contributed by atoms with E-state index in [1.807, 2.05) is 19.2 Å². The molecule has 2 aromatic heterocycles. The van der Waals surface area contributed by atoms with Crippen LogP contribution in [0, 0.1) is 12.8 Å². The highest BCUT2D eigenvalue weighted by Crippen LogP contribution is 2.38. The average Bonchev–Trinajstić information content (AvgIpc) is 3.14. The van der Waals surface area contributed by atoms with Crippen molar-refractivity contribution in [1.82, 2.24) is 20.4 Å². The van der Waals surface area contributed by atoms with E-state index in [4.69, 9.17) is 4.52 Å². The van der Waals surface area contributed by atoms with Crippen LogP contribution in [0.25, 0.3) is 11.4 Å². The molecule has 3 heterocycles. The van der Waals surface area contributed by atoms with E-state index in [0.29, 0.717) is 11.9 Å². The Balaban J connectivity index is 1.56. The standard InChI is InChI=1S/C16H20N4O/c1-10-9-17-7-6-12(10)15-19-16(21-20-15)14-8-11-4-2-3-5-13(11)18-14/h6-7,9,11,13-14,18H,2-5,8H2,1H3. The highest BCUT2D eigenvalue weighted by molar-refractivity contribution is 5.57. The third-order valence-electron chi connectivity index (χ3n) is 4.86. The molecule has 21 heavy (non-hydrogen) atoms. The van der Waals surface area contributed by atoms with E-state index >= 15 is 0 Å². The number of nitrogens with zero attached hydrogens (tertiary/aromatic N) is 3. The Bertz CT molecular complexity index is 625. The average molecular weight is 284 g/mol. The largest absolute Gasteiger partial charge is 0.337 e. The van der Waals surface area contributed by atoms with Gasteiger partial charge in [-0.15, -0.1) is 0 Å². The van der Waals surface area contributed by atoms with Gasteiger partial charge in [-0.1, -0.05) is 18.0 Å². The third-order valence-corrected chi connectivity index (χ3v) is 4.86. The molecule has 5 heteroatoms. The topological polar surface area (TPSA) is 63.8 Å². The van der Waals surface area contributed by atoms with E-state index in [0.717, 1.165) is 29.4 Å². The zero-order valence-corrected chi connectivity index (χ0v) is 12.2. The molecule has 1 saturated heterocycles. The zero-order chi connectivity index (χ0) is 14.2. The first kappa shape index (κ1) is 13.0. The minimum atomic E-state index is 0.224. The summed E-state index contributed by atoms with van der Waals surface area (Å²) in [5.74, 6) is 2.18. The van der Waals surface area contributed by atoms with Crippen LogP contribution in [0.3, 0.4) is 0 Å². The molecule has 2 aromatic rings. The fourth-order valence-electron chi connectivity index (χ4n) is 3.72. The van der Waals surface area contributed by atoms with Gasteiger partial charge in [0.05, 0.1) is 6.04 Å².